The number of phenolic OH excluding ortho intramolecular Hbond substituents is 1. The maximum atomic E-state index is 11.8. The number of quaternary nitrogens is 1. The van der Waals surface area contributed by atoms with Gasteiger partial charge in [-0.2, -0.15) is 0 Å². The molecule has 0 unspecified atom stereocenters. The zero-order chi connectivity index (χ0) is 16.4. The number of aromatic hydroxyl groups is 1. The van der Waals surface area contributed by atoms with Crippen LogP contribution in [0.4, 0.5) is 0 Å². The van der Waals surface area contributed by atoms with Crippen molar-refractivity contribution in [3.8, 4) is 5.75 Å². The summed E-state index contributed by atoms with van der Waals surface area (Å²) in [5.74, 6) is 1.05. The van der Waals surface area contributed by atoms with E-state index in [0.29, 0.717) is 18.5 Å². The van der Waals surface area contributed by atoms with Gasteiger partial charge in [0.15, 0.2) is 5.76 Å². The van der Waals surface area contributed by atoms with Crippen LogP contribution >= 0.6 is 0 Å². The molecule has 3 aromatic rings. The summed E-state index contributed by atoms with van der Waals surface area (Å²) in [4.78, 5) is 11.8. The van der Waals surface area contributed by atoms with Crippen molar-refractivity contribution in [3.63, 3.8) is 0 Å². The largest absolute Gasteiger partial charge is 0.508 e. The summed E-state index contributed by atoms with van der Waals surface area (Å²) in [6.07, 6.45) is 2.37. The lowest BCUT2D eigenvalue weighted by Gasteiger charge is -2.11. The molecule has 23 heavy (non-hydrogen) atoms. The van der Waals surface area contributed by atoms with Crippen molar-refractivity contribution < 1.29 is 19.3 Å². The summed E-state index contributed by atoms with van der Waals surface area (Å²) in [7, 11) is 0. The number of nitrogens with two attached hydrogens (primary N) is 1. The third kappa shape index (κ3) is 3.14. The Bertz CT molecular complexity index is 865. The van der Waals surface area contributed by atoms with Gasteiger partial charge in [-0.3, -0.25) is 0 Å². The van der Waals surface area contributed by atoms with Gasteiger partial charge in [0.05, 0.1) is 6.26 Å². The first-order valence-corrected chi connectivity index (χ1v) is 7.74. The summed E-state index contributed by atoms with van der Waals surface area (Å²) in [5.41, 5.74) is 1.74. The van der Waals surface area contributed by atoms with Crippen LogP contribution in [-0.4, -0.2) is 5.11 Å². The predicted molar refractivity (Wildman–Crippen MR) is 86.3 cm³/mol. The Labute approximate surface area is 133 Å². The molecule has 0 fully saturated rings. The summed E-state index contributed by atoms with van der Waals surface area (Å²) >= 11 is 0. The molecular formula is C18H20NO4+. The summed E-state index contributed by atoms with van der Waals surface area (Å²) < 4.78 is 10.6. The highest BCUT2D eigenvalue weighted by Gasteiger charge is 2.15. The van der Waals surface area contributed by atoms with E-state index in [4.69, 9.17) is 8.83 Å². The van der Waals surface area contributed by atoms with Crippen LogP contribution in [0.25, 0.3) is 11.0 Å². The van der Waals surface area contributed by atoms with Crippen LogP contribution in [0.3, 0.4) is 0 Å². The number of rotatable bonds is 5. The van der Waals surface area contributed by atoms with E-state index >= 15 is 0 Å². The van der Waals surface area contributed by atoms with E-state index in [0.717, 1.165) is 22.3 Å². The average Bonchev–Trinajstić information content (AvgIpc) is 3.06. The van der Waals surface area contributed by atoms with Crippen molar-refractivity contribution in [1.82, 2.24) is 0 Å². The first-order chi connectivity index (χ1) is 11.1. The normalized spacial score (nSPS) is 12.6. The molecule has 1 atom stereocenters. The van der Waals surface area contributed by atoms with Crippen molar-refractivity contribution in [3.05, 3.63) is 63.9 Å². The zero-order valence-electron chi connectivity index (χ0n) is 13.2. The van der Waals surface area contributed by atoms with E-state index in [2.05, 4.69) is 12.2 Å². The Hall–Kier alpha value is -2.53. The highest BCUT2D eigenvalue weighted by molar-refractivity contribution is 5.82. The van der Waals surface area contributed by atoms with Gasteiger partial charge < -0.3 is 19.3 Å². The van der Waals surface area contributed by atoms with Crippen LogP contribution < -0.4 is 10.9 Å². The number of benzene rings is 1. The number of fused-ring (bicyclic) bond motifs is 1. The number of hydrogen-bond donors (Lipinski definition) is 2. The van der Waals surface area contributed by atoms with E-state index in [1.165, 1.54) is 12.1 Å². The molecule has 120 valence electrons. The number of aryl methyl sites for hydroxylation is 1. The smallest absolute Gasteiger partial charge is 0.336 e. The standard InChI is InChI=1S/C18H19NO4/c1-3-12-7-14-13(8-18(21)23-17(14)9-15(12)20)10-19-11(2)16-5-4-6-22-16/h4-9,11,19-20H,3,10H2,1-2H3/p+1/t11-/m1/s1. The average molecular weight is 314 g/mol. The summed E-state index contributed by atoms with van der Waals surface area (Å²) in [6.45, 7) is 4.65. The fourth-order valence-corrected chi connectivity index (χ4v) is 2.73. The van der Waals surface area contributed by atoms with Crippen LogP contribution in [-0.2, 0) is 13.0 Å². The quantitative estimate of drug-likeness (QED) is 0.709. The SMILES string of the molecule is CCc1cc2c(C[NH2+][C@H](C)c3ccco3)cc(=O)oc2cc1O. The van der Waals surface area contributed by atoms with Gasteiger partial charge in [-0.25, -0.2) is 4.79 Å². The number of phenols is 1. The molecule has 3 N–H and O–H groups in total. The van der Waals surface area contributed by atoms with Crippen molar-refractivity contribution in [2.24, 2.45) is 0 Å². The van der Waals surface area contributed by atoms with Gasteiger partial charge in [0.2, 0.25) is 0 Å². The van der Waals surface area contributed by atoms with Crippen LogP contribution in [0.1, 0.15) is 36.8 Å². The van der Waals surface area contributed by atoms with Crippen LogP contribution in [0.15, 0.2) is 50.2 Å². The fourth-order valence-electron chi connectivity index (χ4n) is 2.73. The summed E-state index contributed by atoms with van der Waals surface area (Å²) in [5, 5.41) is 12.9. The van der Waals surface area contributed by atoms with Gasteiger partial charge in [-0.15, -0.1) is 0 Å². The predicted octanol–water partition coefficient (Wildman–Crippen LogP) is 2.48. The molecule has 0 radical (unpaired) electrons. The Kier molecular flexibility index (Phi) is 4.21. The van der Waals surface area contributed by atoms with Gasteiger partial charge in [0.25, 0.3) is 0 Å². The van der Waals surface area contributed by atoms with Crippen molar-refractivity contribution in [1.29, 1.82) is 0 Å². The van der Waals surface area contributed by atoms with Crippen molar-refractivity contribution in [2.45, 2.75) is 32.9 Å². The molecule has 0 spiro atoms. The maximum absolute atomic E-state index is 11.8. The molecule has 0 aliphatic carbocycles. The topological polar surface area (TPSA) is 80.2 Å². The molecule has 0 saturated heterocycles. The Morgan fingerprint density at radius 2 is 2.09 bits per heavy atom. The van der Waals surface area contributed by atoms with Gasteiger partial charge in [0, 0.05) is 23.1 Å². The molecule has 0 aliphatic rings. The third-order valence-corrected chi connectivity index (χ3v) is 4.09. The van der Waals surface area contributed by atoms with Gasteiger partial charge in [-0.1, -0.05) is 6.92 Å². The van der Waals surface area contributed by atoms with Gasteiger partial charge >= 0.3 is 5.63 Å². The fraction of sp³-hybridized carbons (Fsp3) is 0.278. The molecule has 0 aliphatic heterocycles. The molecule has 0 amide bonds. The lowest BCUT2D eigenvalue weighted by Crippen LogP contribution is -2.83. The lowest BCUT2D eigenvalue weighted by atomic mass is 10.0. The molecule has 0 saturated carbocycles. The minimum Gasteiger partial charge on any atom is -0.508 e. The highest BCUT2D eigenvalue weighted by Crippen LogP contribution is 2.26. The monoisotopic (exact) mass is 314 g/mol. The van der Waals surface area contributed by atoms with E-state index in [1.807, 2.05) is 25.1 Å². The molecule has 2 aromatic heterocycles. The maximum Gasteiger partial charge on any atom is 0.336 e. The Morgan fingerprint density at radius 3 is 2.78 bits per heavy atom. The Balaban J connectivity index is 1.94. The first-order valence-electron chi connectivity index (χ1n) is 7.74. The molecule has 1 aromatic carbocycles. The Morgan fingerprint density at radius 1 is 1.26 bits per heavy atom. The van der Waals surface area contributed by atoms with Crippen molar-refractivity contribution >= 4 is 11.0 Å². The van der Waals surface area contributed by atoms with E-state index in [9.17, 15) is 9.90 Å². The minimum absolute atomic E-state index is 0.148. The molecule has 5 nitrogen and oxygen atoms in total. The summed E-state index contributed by atoms with van der Waals surface area (Å²) in [6, 6.07) is 8.89. The highest BCUT2D eigenvalue weighted by atomic mass is 16.4. The van der Waals surface area contributed by atoms with Gasteiger partial charge in [0.1, 0.15) is 23.9 Å². The third-order valence-electron chi connectivity index (χ3n) is 4.09. The zero-order valence-corrected chi connectivity index (χ0v) is 13.2. The second kappa shape index (κ2) is 6.30. The van der Waals surface area contributed by atoms with Gasteiger partial charge in [-0.05, 0) is 37.1 Å². The second-order valence-corrected chi connectivity index (χ2v) is 5.67. The minimum atomic E-state index is -0.407. The molecule has 2 heterocycles. The van der Waals surface area contributed by atoms with Crippen LogP contribution in [0.2, 0.25) is 0 Å². The second-order valence-electron chi connectivity index (χ2n) is 5.67. The molecular weight excluding hydrogens is 294 g/mol. The molecule has 5 heteroatoms. The van der Waals surface area contributed by atoms with E-state index in [1.54, 1.807) is 6.26 Å². The van der Waals surface area contributed by atoms with Crippen LogP contribution in [0, 0.1) is 0 Å². The van der Waals surface area contributed by atoms with Crippen LogP contribution in [0.5, 0.6) is 5.75 Å². The van der Waals surface area contributed by atoms with E-state index < -0.39 is 5.63 Å². The molecule has 3 rings (SSSR count). The van der Waals surface area contributed by atoms with Crippen molar-refractivity contribution in [2.75, 3.05) is 0 Å². The number of hydrogen-bond acceptors (Lipinski definition) is 4. The van der Waals surface area contributed by atoms with E-state index in [-0.39, 0.29) is 11.8 Å². The first kappa shape index (κ1) is 15.4. The number of furan rings is 1. The lowest BCUT2D eigenvalue weighted by molar-refractivity contribution is -0.709. The molecule has 0 bridgehead atoms.